The van der Waals surface area contributed by atoms with Crippen molar-refractivity contribution in [1.82, 2.24) is 15.3 Å². The van der Waals surface area contributed by atoms with Gasteiger partial charge in [0, 0.05) is 22.1 Å². The number of hydrogen-bond donors (Lipinski definition) is 3. The molecule has 1 unspecified atom stereocenters. The van der Waals surface area contributed by atoms with Crippen LogP contribution in [-0.4, -0.2) is 47.2 Å². The number of ether oxygens (including phenoxy) is 2. The molecule has 2 atom stereocenters. The van der Waals surface area contributed by atoms with E-state index in [-0.39, 0.29) is 46.8 Å². The van der Waals surface area contributed by atoms with Gasteiger partial charge in [0.25, 0.3) is 5.91 Å². The maximum atomic E-state index is 14.6. The van der Waals surface area contributed by atoms with E-state index in [0.29, 0.717) is 51.3 Å². The molecule has 3 heterocycles. The van der Waals surface area contributed by atoms with E-state index in [1.54, 1.807) is 44.2 Å². The molecule has 1 aliphatic carbocycles. The molecule has 12 heteroatoms. The van der Waals surface area contributed by atoms with E-state index in [9.17, 15) is 19.1 Å². The summed E-state index contributed by atoms with van der Waals surface area (Å²) in [5.74, 6) is -1.33. The first-order valence-electron chi connectivity index (χ1n) is 14.5. The van der Waals surface area contributed by atoms with Crippen LogP contribution in [0.3, 0.4) is 0 Å². The molecule has 1 saturated carbocycles. The summed E-state index contributed by atoms with van der Waals surface area (Å²) in [5.41, 5.74) is 5.62. The molecule has 4 aromatic rings. The van der Waals surface area contributed by atoms with E-state index >= 15 is 0 Å². The Kier molecular flexibility index (Phi) is 7.87. The van der Waals surface area contributed by atoms with Crippen molar-refractivity contribution in [1.29, 1.82) is 0 Å². The van der Waals surface area contributed by atoms with Crippen molar-refractivity contribution in [3.63, 3.8) is 0 Å². The quantitative estimate of drug-likeness (QED) is 0.225. The van der Waals surface area contributed by atoms with Gasteiger partial charge in [0.1, 0.15) is 46.1 Å². The maximum Gasteiger partial charge on any atom is 0.251 e. The maximum absolute atomic E-state index is 14.6. The van der Waals surface area contributed by atoms with Gasteiger partial charge < -0.3 is 25.6 Å². The number of hydrogen-bond acceptors (Lipinski definition) is 7. The summed E-state index contributed by atoms with van der Waals surface area (Å²) in [6.07, 6.45) is 2.26. The molecule has 1 aliphatic heterocycles. The summed E-state index contributed by atoms with van der Waals surface area (Å²) in [5, 5.41) is 16.2. The number of carbonyl (C=O) groups is 2. The number of pyridine rings is 2. The summed E-state index contributed by atoms with van der Waals surface area (Å²) in [6.45, 7) is 3.19. The average Bonchev–Trinajstić information content (AvgIpc) is 3.34. The zero-order valence-corrected chi connectivity index (χ0v) is 26.4. The fourth-order valence-corrected chi connectivity index (χ4v) is 6.18. The molecular weight excluding hydrogens is 622 g/mol. The molecule has 2 aromatic carbocycles. The van der Waals surface area contributed by atoms with E-state index in [4.69, 9.17) is 43.4 Å². The summed E-state index contributed by atoms with van der Waals surface area (Å²) < 4.78 is 26.0. The molecule has 0 saturated heterocycles. The normalized spacial score (nSPS) is 18.9. The average molecular weight is 654 g/mol. The number of aromatic nitrogens is 2. The number of amides is 2. The molecule has 9 nitrogen and oxygen atoms in total. The Labute approximate surface area is 268 Å². The number of aryl methyl sites for hydroxylation is 1. The van der Waals surface area contributed by atoms with E-state index in [1.165, 1.54) is 19.2 Å². The van der Waals surface area contributed by atoms with Crippen molar-refractivity contribution in [2.45, 2.75) is 44.1 Å². The lowest BCUT2D eigenvalue weighted by molar-refractivity contribution is -0.123. The Bertz CT molecular complexity index is 1880. The second-order valence-corrected chi connectivity index (χ2v) is 12.7. The first kappa shape index (κ1) is 31.0. The topological polar surface area (TPSA) is 137 Å². The number of methoxy groups -OCH3 is 1. The molecule has 4 N–H and O–H groups in total. The minimum absolute atomic E-state index is 0.0489. The van der Waals surface area contributed by atoms with Crippen molar-refractivity contribution in [3.8, 4) is 22.8 Å². The van der Waals surface area contributed by atoms with Gasteiger partial charge in [0.2, 0.25) is 5.91 Å². The highest BCUT2D eigenvalue weighted by atomic mass is 35.5. The second-order valence-electron chi connectivity index (χ2n) is 11.9. The molecule has 1 fully saturated rings. The van der Waals surface area contributed by atoms with Gasteiger partial charge in [-0.2, -0.15) is 0 Å². The third-order valence-electron chi connectivity index (χ3n) is 9.05. The number of rotatable bonds is 8. The van der Waals surface area contributed by atoms with Crippen LogP contribution in [0.1, 0.15) is 53.5 Å². The predicted octanol–water partition coefficient (Wildman–Crippen LogP) is 5.61. The van der Waals surface area contributed by atoms with E-state index < -0.39 is 28.6 Å². The van der Waals surface area contributed by atoms with Gasteiger partial charge in [-0.25, -0.2) is 14.4 Å². The zero-order chi connectivity index (χ0) is 32.3. The molecule has 0 bridgehead atoms. The molecule has 45 heavy (non-hydrogen) atoms. The van der Waals surface area contributed by atoms with Crippen molar-refractivity contribution in [3.05, 3.63) is 80.8 Å². The third-order valence-corrected chi connectivity index (χ3v) is 9.74. The highest BCUT2D eigenvalue weighted by Gasteiger charge is 2.48. The molecule has 0 radical (unpaired) electrons. The monoisotopic (exact) mass is 652 g/mol. The number of fused-ring (bicyclic) bond motifs is 2. The van der Waals surface area contributed by atoms with Gasteiger partial charge in [-0.1, -0.05) is 35.7 Å². The van der Waals surface area contributed by atoms with Gasteiger partial charge in [-0.05, 0) is 69.0 Å². The van der Waals surface area contributed by atoms with Crippen molar-refractivity contribution < 1.29 is 28.6 Å². The van der Waals surface area contributed by atoms with Crippen LogP contribution in [0.2, 0.25) is 10.0 Å². The number of halogens is 3. The first-order chi connectivity index (χ1) is 21.4. The molecular formula is C33H31Cl2FN4O5. The fraction of sp³-hybridized carbons (Fsp3) is 0.333. The van der Waals surface area contributed by atoms with Crippen LogP contribution in [0.15, 0.2) is 42.5 Å². The number of benzene rings is 2. The molecule has 0 spiro atoms. The Morgan fingerprint density at radius 2 is 1.93 bits per heavy atom. The summed E-state index contributed by atoms with van der Waals surface area (Å²) in [4.78, 5) is 35.5. The Hall–Kier alpha value is -3.99. The summed E-state index contributed by atoms with van der Waals surface area (Å²) in [6, 6.07) is 10.8. The van der Waals surface area contributed by atoms with Gasteiger partial charge >= 0.3 is 0 Å². The number of primary amides is 1. The SMILES string of the molecule is COc1cc(C(=O)NCC(O)(c2cc3c(c(-c4ccc(Cl)c(F)c4)n2)OC[C@]3(C)C(N)=O)C2CCC2)cc2cc(Cl)c(C)nc12. The van der Waals surface area contributed by atoms with E-state index in [2.05, 4.69) is 10.3 Å². The lowest BCUT2D eigenvalue weighted by Gasteiger charge is -2.41. The molecule has 2 amide bonds. The highest BCUT2D eigenvalue weighted by molar-refractivity contribution is 6.32. The predicted molar refractivity (Wildman–Crippen MR) is 168 cm³/mol. The smallest absolute Gasteiger partial charge is 0.251 e. The zero-order valence-electron chi connectivity index (χ0n) is 24.8. The van der Waals surface area contributed by atoms with Crippen LogP contribution in [0, 0.1) is 18.7 Å². The van der Waals surface area contributed by atoms with Gasteiger partial charge in [0.05, 0.1) is 35.1 Å². The largest absolute Gasteiger partial charge is 0.494 e. The second kappa shape index (κ2) is 11.4. The Morgan fingerprint density at radius 1 is 1.18 bits per heavy atom. The Balaban J connectivity index is 1.42. The van der Waals surface area contributed by atoms with Crippen LogP contribution in [0.4, 0.5) is 4.39 Å². The summed E-state index contributed by atoms with van der Waals surface area (Å²) >= 11 is 12.3. The minimum Gasteiger partial charge on any atom is -0.494 e. The highest BCUT2D eigenvalue weighted by Crippen LogP contribution is 2.48. The first-order valence-corrected chi connectivity index (χ1v) is 15.2. The number of nitrogens with two attached hydrogens (primary N) is 1. The number of carbonyl (C=O) groups excluding carboxylic acids is 2. The van der Waals surface area contributed by atoms with Crippen LogP contribution < -0.4 is 20.5 Å². The molecule has 6 rings (SSSR count). The molecule has 2 aromatic heterocycles. The van der Waals surface area contributed by atoms with Crippen LogP contribution in [-0.2, 0) is 15.8 Å². The van der Waals surface area contributed by atoms with Gasteiger partial charge in [-0.15, -0.1) is 0 Å². The van der Waals surface area contributed by atoms with Crippen LogP contribution >= 0.6 is 23.2 Å². The Morgan fingerprint density at radius 3 is 2.58 bits per heavy atom. The summed E-state index contributed by atoms with van der Waals surface area (Å²) in [7, 11) is 1.49. The van der Waals surface area contributed by atoms with Crippen molar-refractivity contribution >= 4 is 45.9 Å². The minimum atomic E-state index is -1.65. The van der Waals surface area contributed by atoms with E-state index in [0.717, 1.165) is 6.42 Å². The number of nitrogens with one attached hydrogen (secondary N) is 1. The molecule has 2 aliphatic rings. The standard InChI is InChI=1S/C33H31Cl2FN4O5/c1-16-23(35)10-18-9-19(12-25(44-3)27(18)39-16)30(41)38-14-33(43,20-5-4-6-20)26-13-21-29(45-15-32(21,2)31(37)42)28(40-26)17-7-8-22(34)24(36)11-17/h7-13,20,43H,4-6,14-15H2,1-3H3,(H2,37,42)(H,38,41)/t32-,33?/m0/s1. The lowest BCUT2D eigenvalue weighted by atomic mass is 9.70. The fourth-order valence-electron chi connectivity index (χ4n) is 5.90. The van der Waals surface area contributed by atoms with Gasteiger partial charge in [-0.3, -0.25) is 9.59 Å². The number of nitrogens with zero attached hydrogens (tertiary/aromatic N) is 2. The molecule has 234 valence electrons. The van der Waals surface area contributed by atoms with Crippen LogP contribution in [0.5, 0.6) is 11.5 Å². The number of aliphatic hydroxyl groups is 1. The van der Waals surface area contributed by atoms with Crippen molar-refractivity contribution in [2.75, 3.05) is 20.3 Å². The van der Waals surface area contributed by atoms with E-state index in [1.807, 2.05) is 0 Å². The third kappa shape index (κ3) is 5.24. The lowest BCUT2D eigenvalue weighted by Crippen LogP contribution is -2.49. The van der Waals surface area contributed by atoms with Crippen molar-refractivity contribution in [2.24, 2.45) is 11.7 Å². The van der Waals surface area contributed by atoms with Gasteiger partial charge in [0.15, 0.2) is 0 Å². The van der Waals surface area contributed by atoms with Crippen LogP contribution in [0.25, 0.3) is 22.2 Å².